The van der Waals surface area contributed by atoms with Crippen LogP contribution in [0.4, 0.5) is 28.0 Å². The summed E-state index contributed by atoms with van der Waals surface area (Å²) in [7, 11) is 0. The van der Waals surface area contributed by atoms with Gasteiger partial charge in [0.25, 0.3) is 0 Å². The Morgan fingerprint density at radius 1 is 1.20 bits per heavy atom. The van der Waals surface area contributed by atoms with Crippen molar-refractivity contribution in [2.24, 2.45) is 0 Å². The van der Waals surface area contributed by atoms with Gasteiger partial charge in [0, 0.05) is 6.07 Å². The SMILES string of the molecule is CC(C)(C)OC(=O)Nc1cc(F)ccc1OC(F)(F)F. The van der Waals surface area contributed by atoms with Gasteiger partial charge in [0.1, 0.15) is 11.4 Å². The van der Waals surface area contributed by atoms with Crippen LogP contribution < -0.4 is 10.1 Å². The third-order valence-corrected chi connectivity index (χ3v) is 1.80. The van der Waals surface area contributed by atoms with E-state index in [1.807, 2.05) is 5.32 Å². The van der Waals surface area contributed by atoms with E-state index in [9.17, 15) is 22.4 Å². The second-order valence-corrected chi connectivity index (χ2v) is 4.82. The van der Waals surface area contributed by atoms with Crippen LogP contribution in [0, 0.1) is 5.82 Å². The van der Waals surface area contributed by atoms with E-state index in [4.69, 9.17) is 4.74 Å². The molecule has 0 aliphatic heterocycles. The zero-order valence-corrected chi connectivity index (χ0v) is 11.0. The average Bonchev–Trinajstić information content (AvgIpc) is 2.17. The second kappa shape index (κ2) is 5.56. The summed E-state index contributed by atoms with van der Waals surface area (Å²) < 4.78 is 58.1. The first kappa shape index (κ1) is 16.1. The lowest BCUT2D eigenvalue weighted by molar-refractivity contribution is -0.274. The lowest BCUT2D eigenvalue weighted by Crippen LogP contribution is -2.27. The molecule has 1 aromatic carbocycles. The van der Waals surface area contributed by atoms with Crippen LogP contribution in [0.25, 0.3) is 0 Å². The maximum Gasteiger partial charge on any atom is 0.573 e. The van der Waals surface area contributed by atoms with Crippen LogP contribution in [0.2, 0.25) is 0 Å². The molecule has 112 valence electrons. The van der Waals surface area contributed by atoms with Gasteiger partial charge in [-0.3, -0.25) is 5.32 Å². The number of carbonyl (C=O) groups excluding carboxylic acids is 1. The second-order valence-electron chi connectivity index (χ2n) is 4.82. The van der Waals surface area contributed by atoms with Gasteiger partial charge in [-0.2, -0.15) is 0 Å². The number of benzene rings is 1. The number of halogens is 4. The number of alkyl halides is 3. The van der Waals surface area contributed by atoms with Crippen LogP contribution in [0.1, 0.15) is 20.8 Å². The van der Waals surface area contributed by atoms with Crippen LogP contribution in [-0.4, -0.2) is 18.1 Å². The molecule has 0 radical (unpaired) electrons. The Kier molecular flexibility index (Phi) is 4.46. The minimum Gasteiger partial charge on any atom is -0.444 e. The van der Waals surface area contributed by atoms with Gasteiger partial charge in [-0.05, 0) is 32.9 Å². The van der Waals surface area contributed by atoms with E-state index in [2.05, 4.69) is 4.74 Å². The molecule has 0 aliphatic rings. The van der Waals surface area contributed by atoms with Crippen LogP contribution >= 0.6 is 0 Å². The van der Waals surface area contributed by atoms with Crippen molar-refractivity contribution in [3.05, 3.63) is 24.0 Å². The molecule has 0 saturated heterocycles. The minimum atomic E-state index is -4.96. The highest BCUT2D eigenvalue weighted by molar-refractivity contribution is 5.87. The van der Waals surface area contributed by atoms with E-state index in [1.165, 1.54) is 0 Å². The predicted octanol–water partition coefficient (Wildman–Crippen LogP) is 4.07. The zero-order chi connectivity index (χ0) is 15.6. The fraction of sp³-hybridized carbons (Fsp3) is 0.417. The van der Waals surface area contributed by atoms with Crippen molar-refractivity contribution in [3.8, 4) is 5.75 Å². The molecule has 1 amide bonds. The molecule has 0 aliphatic carbocycles. The summed E-state index contributed by atoms with van der Waals surface area (Å²) in [5, 5.41) is 2.00. The topological polar surface area (TPSA) is 47.6 Å². The van der Waals surface area contributed by atoms with Crippen molar-refractivity contribution in [1.29, 1.82) is 0 Å². The minimum absolute atomic E-state index is 0.475. The molecule has 1 N–H and O–H groups in total. The van der Waals surface area contributed by atoms with Gasteiger partial charge in [0.15, 0.2) is 5.75 Å². The third-order valence-electron chi connectivity index (χ3n) is 1.80. The number of hydrogen-bond acceptors (Lipinski definition) is 3. The summed E-state index contributed by atoms with van der Waals surface area (Å²) >= 11 is 0. The first-order valence-electron chi connectivity index (χ1n) is 5.51. The maximum absolute atomic E-state index is 13.0. The number of anilines is 1. The molecule has 0 fully saturated rings. The van der Waals surface area contributed by atoms with Gasteiger partial charge in [-0.1, -0.05) is 0 Å². The Labute approximate surface area is 112 Å². The van der Waals surface area contributed by atoms with Crippen LogP contribution in [0.5, 0.6) is 5.75 Å². The van der Waals surface area contributed by atoms with Gasteiger partial charge >= 0.3 is 12.5 Å². The zero-order valence-electron chi connectivity index (χ0n) is 11.0. The molecule has 0 atom stereocenters. The van der Waals surface area contributed by atoms with E-state index in [0.29, 0.717) is 6.07 Å². The van der Waals surface area contributed by atoms with E-state index in [1.54, 1.807) is 20.8 Å². The summed E-state index contributed by atoms with van der Waals surface area (Å²) in [5.74, 6) is -1.56. The third kappa shape index (κ3) is 5.77. The largest absolute Gasteiger partial charge is 0.573 e. The Morgan fingerprint density at radius 3 is 2.30 bits per heavy atom. The molecule has 4 nitrogen and oxygen atoms in total. The lowest BCUT2D eigenvalue weighted by Gasteiger charge is -2.20. The summed E-state index contributed by atoms with van der Waals surface area (Å²) in [6.07, 6.45) is -5.97. The molecule has 0 heterocycles. The Morgan fingerprint density at radius 2 is 1.80 bits per heavy atom. The first-order chi connectivity index (χ1) is 8.96. The van der Waals surface area contributed by atoms with Crippen LogP contribution in [0.15, 0.2) is 18.2 Å². The summed E-state index contributed by atoms with van der Waals surface area (Å²) in [6.45, 7) is 4.72. The first-order valence-corrected chi connectivity index (χ1v) is 5.51. The van der Waals surface area contributed by atoms with Gasteiger partial charge in [0.2, 0.25) is 0 Å². The Bertz CT molecular complexity index is 494. The number of carbonyl (C=O) groups is 1. The smallest absolute Gasteiger partial charge is 0.444 e. The monoisotopic (exact) mass is 295 g/mol. The summed E-state index contributed by atoms with van der Waals surface area (Å²) in [5.41, 5.74) is -1.32. The molecule has 0 spiro atoms. The van der Waals surface area contributed by atoms with Crippen molar-refractivity contribution < 1.29 is 31.8 Å². The van der Waals surface area contributed by atoms with E-state index in [0.717, 1.165) is 12.1 Å². The number of nitrogens with one attached hydrogen (secondary N) is 1. The van der Waals surface area contributed by atoms with Crippen molar-refractivity contribution >= 4 is 11.8 Å². The molecule has 20 heavy (non-hydrogen) atoms. The van der Waals surface area contributed by atoms with Crippen molar-refractivity contribution in [1.82, 2.24) is 0 Å². The number of hydrogen-bond donors (Lipinski definition) is 1. The van der Waals surface area contributed by atoms with Crippen LogP contribution in [0.3, 0.4) is 0 Å². The average molecular weight is 295 g/mol. The highest BCUT2D eigenvalue weighted by Crippen LogP contribution is 2.31. The summed E-state index contributed by atoms with van der Waals surface area (Å²) in [6, 6.07) is 2.24. The molecule has 0 saturated carbocycles. The molecular weight excluding hydrogens is 282 g/mol. The fourth-order valence-corrected chi connectivity index (χ4v) is 1.23. The molecule has 0 aromatic heterocycles. The molecule has 1 aromatic rings. The Hall–Kier alpha value is -1.99. The number of rotatable bonds is 2. The standard InChI is InChI=1S/C12H13F4NO3/c1-11(2,3)20-10(18)17-8-6-7(13)4-5-9(8)19-12(14,15)16/h4-6H,1-3H3,(H,17,18). The van der Waals surface area contributed by atoms with Gasteiger partial charge in [-0.15, -0.1) is 13.2 Å². The lowest BCUT2D eigenvalue weighted by atomic mass is 10.2. The fourth-order valence-electron chi connectivity index (χ4n) is 1.23. The molecule has 1 rings (SSSR count). The van der Waals surface area contributed by atoms with Gasteiger partial charge in [0.05, 0.1) is 5.69 Å². The number of amides is 1. The van der Waals surface area contributed by atoms with Gasteiger partial charge in [-0.25, -0.2) is 9.18 Å². The van der Waals surface area contributed by atoms with Gasteiger partial charge < -0.3 is 9.47 Å². The molecular formula is C12H13F4NO3. The van der Waals surface area contributed by atoms with E-state index < -0.39 is 35.3 Å². The van der Waals surface area contributed by atoms with Crippen molar-refractivity contribution in [2.45, 2.75) is 32.7 Å². The quantitative estimate of drug-likeness (QED) is 0.837. The predicted molar refractivity (Wildman–Crippen MR) is 62.9 cm³/mol. The maximum atomic E-state index is 13.0. The van der Waals surface area contributed by atoms with Crippen molar-refractivity contribution in [3.63, 3.8) is 0 Å². The highest BCUT2D eigenvalue weighted by atomic mass is 19.4. The molecule has 8 heteroatoms. The van der Waals surface area contributed by atoms with Crippen molar-refractivity contribution in [2.75, 3.05) is 5.32 Å². The molecule has 0 bridgehead atoms. The van der Waals surface area contributed by atoms with E-state index >= 15 is 0 Å². The Balaban J connectivity index is 2.93. The highest BCUT2D eigenvalue weighted by Gasteiger charge is 2.32. The normalized spacial score (nSPS) is 11.9. The molecule has 0 unspecified atom stereocenters. The summed E-state index contributed by atoms with van der Waals surface area (Å²) in [4.78, 5) is 11.5. The van der Waals surface area contributed by atoms with Crippen LogP contribution in [-0.2, 0) is 4.74 Å². The number of ether oxygens (including phenoxy) is 2. The van der Waals surface area contributed by atoms with E-state index in [-0.39, 0.29) is 0 Å².